The molecule has 2 N–H and O–H groups in total. The van der Waals surface area contributed by atoms with E-state index in [0.717, 1.165) is 35.7 Å². The number of anilines is 2. The van der Waals surface area contributed by atoms with Gasteiger partial charge in [-0.15, -0.1) is 0 Å². The predicted octanol–water partition coefficient (Wildman–Crippen LogP) is 1.76. The van der Waals surface area contributed by atoms with Gasteiger partial charge in [0, 0.05) is 24.8 Å². The van der Waals surface area contributed by atoms with Gasteiger partial charge in [-0.25, -0.2) is 15.0 Å². The van der Waals surface area contributed by atoms with Crippen LogP contribution < -0.4 is 10.6 Å². The van der Waals surface area contributed by atoms with Crippen molar-refractivity contribution in [1.82, 2.24) is 15.0 Å². The molecular formula is C16H17N7O. The molecule has 0 bridgehead atoms. The van der Waals surface area contributed by atoms with Gasteiger partial charge in [-0.2, -0.15) is 10.2 Å². The third-order valence-corrected chi connectivity index (χ3v) is 3.90. The van der Waals surface area contributed by atoms with Crippen molar-refractivity contribution in [3.63, 3.8) is 0 Å². The maximum absolute atomic E-state index is 5.68. The summed E-state index contributed by atoms with van der Waals surface area (Å²) >= 11 is 0. The molecule has 1 fully saturated rings. The van der Waals surface area contributed by atoms with Gasteiger partial charge >= 0.3 is 0 Å². The number of nitrogens with zero attached hydrogens (tertiary/aromatic N) is 6. The fourth-order valence-corrected chi connectivity index (χ4v) is 2.62. The van der Waals surface area contributed by atoms with Gasteiger partial charge in [-0.3, -0.25) is 0 Å². The number of ether oxygens (including phenoxy) is 1. The number of nitrogens with two attached hydrogens (primary N) is 1. The summed E-state index contributed by atoms with van der Waals surface area (Å²) < 4.78 is 5.41. The zero-order valence-corrected chi connectivity index (χ0v) is 13.1. The molecule has 2 aliphatic rings. The lowest BCUT2D eigenvalue weighted by Gasteiger charge is -2.27. The van der Waals surface area contributed by atoms with Crippen LogP contribution in [0.3, 0.4) is 0 Å². The number of hydrogen-bond acceptors (Lipinski definition) is 8. The van der Waals surface area contributed by atoms with Crippen LogP contribution in [0.15, 0.2) is 40.7 Å². The van der Waals surface area contributed by atoms with Crippen molar-refractivity contribution in [3.05, 3.63) is 36.2 Å². The molecule has 0 aromatic carbocycles. The fourth-order valence-electron chi connectivity index (χ4n) is 2.62. The van der Waals surface area contributed by atoms with Gasteiger partial charge < -0.3 is 15.4 Å². The minimum atomic E-state index is 0.480. The summed E-state index contributed by atoms with van der Waals surface area (Å²) in [5.74, 6) is 1.15. The zero-order chi connectivity index (χ0) is 16.4. The maximum atomic E-state index is 5.68. The first-order chi connectivity index (χ1) is 11.8. The SMILES string of the molecule is Nc1ccc(-c2cc(C3=CCN=N3)nc(N3CCOCC3)n2)cn1. The van der Waals surface area contributed by atoms with E-state index < -0.39 is 0 Å². The van der Waals surface area contributed by atoms with Crippen LogP contribution in [-0.2, 0) is 4.74 Å². The molecule has 8 heteroatoms. The van der Waals surface area contributed by atoms with Gasteiger partial charge in [0.2, 0.25) is 5.95 Å². The highest BCUT2D eigenvalue weighted by Crippen LogP contribution is 2.26. The Hall–Kier alpha value is -2.87. The molecule has 0 saturated carbocycles. The number of rotatable bonds is 3. The summed E-state index contributed by atoms with van der Waals surface area (Å²) in [6.07, 6.45) is 3.67. The number of aromatic nitrogens is 3. The van der Waals surface area contributed by atoms with E-state index in [0.29, 0.717) is 31.5 Å². The molecule has 2 aromatic heterocycles. The van der Waals surface area contributed by atoms with Crippen molar-refractivity contribution in [2.45, 2.75) is 0 Å². The van der Waals surface area contributed by atoms with Crippen molar-refractivity contribution in [3.8, 4) is 11.3 Å². The van der Waals surface area contributed by atoms with Crippen molar-refractivity contribution in [2.75, 3.05) is 43.5 Å². The second kappa shape index (κ2) is 6.32. The number of azo groups is 1. The molecule has 0 amide bonds. The average Bonchev–Trinajstić information content (AvgIpc) is 3.17. The van der Waals surface area contributed by atoms with E-state index in [1.165, 1.54) is 0 Å². The van der Waals surface area contributed by atoms with Crippen molar-refractivity contribution >= 4 is 17.5 Å². The zero-order valence-electron chi connectivity index (χ0n) is 13.1. The van der Waals surface area contributed by atoms with Crippen LogP contribution in [0.5, 0.6) is 0 Å². The Morgan fingerprint density at radius 3 is 2.62 bits per heavy atom. The lowest BCUT2D eigenvalue weighted by Crippen LogP contribution is -2.37. The molecule has 2 aromatic rings. The minimum Gasteiger partial charge on any atom is -0.384 e. The molecule has 24 heavy (non-hydrogen) atoms. The van der Waals surface area contributed by atoms with E-state index in [-0.39, 0.29) is 0 Å². The van der Waals surface area contributed by atoms with Crippen molar-refractivity contribution in [1.29, 1.82) is 0 Å². The summed E-state index contributed by atoms with van der Waals surface area (Å²) in [5.41, 5.74) is 8.89. The molecular weight excluding hydrogens is 306 g/mol. The van der Waals surface area contributed by atoms with E-state index >= 15 is 0 Å². The topological polar surface area (TPSA) is 102 Å². The summed E-state index contributed by atoms with van der Waals surface area (Å²) in [4.78, 5) is 15.7. The van der Waals surface area contributed by atoms with Gasteiger partial charge in [0.15, 0.2) is 0 Å². The molecule has 0 aliphatic carbocycles. The smallest absolute Gasteiger partial charge is 0.226 e. The normalized spacial score (nSPS) is 17.2. The Labute approximate surface area is 139 Å². The monoisotopic (exact) mass is 323 g/mol. The Bertz CT molecular complexity index is 795. The number of nitrogen functional groups attached to an aromatic ring is 1. The van der Waals surface area contributed by atoms with E-state index in [1.54, 1.807) is 12.3 Å². The third kappa shape index (κ3) is 2.95. The highest BCUT2D eigenvalue weighted by Gasteiger charge is 2.18. The molecule has 8 nitrogen and oxygen atoms in total. The van der Waals surface area contributed by atoms with Crippen molar-refractivity contribution in [2.24, 2.45) is 10.2 Å². The Morgan fingerprint density at radius 2 is 1.92 bits per heavy atom. The Balaban J connectivity index is 1.78. The minimum absolute atomic E-state index is 0.480. The van der Waals surface area contributed by atoms with Crippen LogP contribution in [0, 0.1) is 0 Å². The molecule has 4 rings (SSSR count). The molecule has 0 radical (unpaired) electrons. The number of pyridine rings is 1. The average molecular weight is 323 g/mol. The highest BCUT2D eigenvalue weighted by atomic mass is 16.5. The second-order valence-corrected chi connectivity index (χ2v) is 5.52. The highest BCUT2D eigenvalue weighted by molar-refractivity contribution is 5.70. The summed E-state index contributed by atoms with van der Waals surface area (Å²) in [6.45, 7) is 3.47. The lowest BCUT2D eigenvalue weighted by atomic mass is 10.1. The first kappa shape index (κ1) is 14.7. The predicted molar refractivity (Wildman–Crippen MR) is 90.4 cm³/mol. The van der Waals surface area contributed by atoms with Gasteiger partial charge in [0.1, 0.15) is 11.5 Å². The van der Waals surface area contributed by atoms with E-state index in [1.807, 2.05) is 18.2 Å². The molecule has 0 unspecified atom stereocenters. The first-order valence-electron chi connectivity index (χ1n) is 7.81. The van der Waals surface area contributed by atoms with Gasteiger partial charge in [0.25, 0.3) is 0 Å². The quantitative estimate of drug-likeness (QED) is 0.923. The van der Waals surface area contributed by atoms with Crippen LogP contribution >= 0.6 is 0 Å². The van der Waals surface area contributed by atoms with E-state index in [9.17, 15) is 0 Å². The van der Waals surface area contributed by atoms with E-state index in [2.05, 4.69) is 25.1 Å². The molecule has 0 atom stereocenters. The number of hydrogen-bond donors (Lipinski definition) is 1. The fraction of sp³-hybridized carbons (Fsp3) is 0.312. The largest absolute Gasteiger partial charge is 0.384 e. The van der Waals surface area contributed by atoms with Crippen LogP contribution in [0.25, 0.3) is 17.0 Å². The summed E-state index contributed by atoms with van der Waals surface area (Å²) in [5, 5.41) is 8.16. The Morgan fingerprint density at radius 1 is 1.08 bits per heavy atom. The standard InChI is InChI=1S/C16H17N7O/c17-15-2-1-11(10-18-15)13-9-14(12-3-4-19-22-12)21-16(20-13)23-5-7-24-8-6-23/h1-3,9-10H,4-8H2,(H2,17,18). The van der Waals surface area contributed by atoms with E-state index in [4.69, 9.17) is 15.5 Å². The van der Waals surface area contributed by atoms with Crippen LogP contribution in [-0.4, -0.2) is 47.8 Å². The number of morpholine rings is 1. The Kier molecular flexibility index (Phi) is 3.87. The maximum Gasteiger partial charge on any atom is 0.226 e. The molecule has 4 heterocycles. The van der Waals surface area contributed by atoms with Crippen molar-refractivity contribution < 1.29 is 4.74 Å². The third-order valence-electron chi connectivity index (χ3n) is 3.90. The molecule has 1 saturated heterocycles. The van der Waals surface area contributed by atoms with Gasteiger partial charge in [-0.1, -0.05) is 0 Å². The molecule has 122 valence electrons. The first-order valence-corrected chi connectivity index (χ1v) is 7.81. The van der Waals surface area contributed by atoms with Gasteiger partial charge in [-0.05, 0) is 24.3 Å². The van der Waals surface area contributed by atoms with Crippen LogP contribution in [0.1, 0.15) is 5.69 Å². The van der Waals surface area contributed by atoms with Crippen LogP contribution in [0.4, 0.5) is 11.8 Å². The lowest BCUT2D eigenvalue weighted by molar-refractivity contribution is 0.122. The molecule has 0 spiro atoms. The van der Waals surface area contributed by atoms with Crippen LogP contribution in [0.2, 0.25) is 0 Å². The van der Waals surface area contributed by atoms with Gasteiger partial charge in [0.05, 0.1) is 31.1 Å². The second-order valence-electron chi connectivity index (χ2n) is 5.52. The summed E-state index contributed by atoms with van der Waals surface area (Å²) in [7, 11) is 0. The summed E-state index contributed by atoms with van der Waals surface area (Å²) in [6, 6.07) is 5.58. The molecule has 2 aliphatic heterocycles.